The van der Waals surface area contributed by atoms with Crippen molar-refractivity contribution in [1.29, 1.82) is 0 Å². The van der Waals surface area contributed by atoms with Crippen LogP contribution < -0.4 is 5.32 Å². The Morgan fingerprint density at radius 2 is 1.62 bits per heavy atom. The van der Waals surface area contributed by atoms with Gasteiger partial charge in [-0.15, -0.1) is 0 Å². The molecular formula is C7H15NO2V3. The number of ether oxygens (including phenoxy) is 1. The van der Waals surface area contributed by atoms with Gasteiger partial charge in [-0.3, -0.25) is 4.79 Å². The zero-order valence-electron chi connectivity index (χ0n) is 8.31. The molecule has 0 spiro atoms. The van der Waals surface area contributed by atoms with Crippen LogP contribution in [0.5, 0.6) is 0 Å². The molecule has 0 aromatic rings. The molecule has 0 heterocycles. The Bertz CT molecular complexity index is 122. The molecule has 3 nitrogen and oxygen atoms in total. The maximum absolute atomic E-state index is 10.9. The minimum absolute atomic E-state index is 0. The van der Waals surface area contributed by atoms with E-state index < -0.39 is 0 Å². The summed E-state index contributed by atoms with van der Waals surface area (Å²) in [6, 6.07) is -0.176. The van der Waals surface area contributed by atoms with Crippen molar-refractivity contribution >= 4 is 5.97 Å². The van der Waals surface area contributed by atoms with Crippen LogP contribution in [0, 0.1) is 5.92 Å². The van der Waals surface area contributed by atoms with Gasteiger partial charge in [0.2, 0.25) is 0 Å². The molecule has 0 aromatic carbocycles. The Morgan fingerprint density at radius 1 is 1.23 bits per heavy atom. The van der Waals surface area contributed by atoms with Gasteiger partial charge in [0.15, 0.2) is 0 Å². The van der Waals surface area contributed by atoms with Crippen LogP contribution >= 0.6 is 0 Å². The van der Waals surface area contributed by atoms with E-state index in [2.05, 4.69) is 10.1 Å². The predicted molar refractivity (Wildman–Crippen MR) is 39.7 cm³/mol. The van der Waals surface area contributed by atoms with Gasteiger partial charge in [-0.1, -0.05) is 13.8 Å². The van der Waals surface area contributed by atoms with Crippen LogP contribution in [-0.2, 0) is 65.2 Å². The summed E-state index contributed by atoms with van der Waals surface area (Å²) in [5.41, 5.74) is 0. The van der Waals surface area contributed by atoms with Crippen molar-refractivity contribution in [1.82, 2.24) is 5.32 Å². The van der Waals surface area contributed by atoms with Crippen LogP contribution in [0.4, 0.5) is 0 Å². The molecule has 0 rings (SSSR count). The van der Waals surface area contributed by atoms with Crippen LogP contribution in [0.1, 0.15) is 13.8 Å². The molecule has 0 aliphatic heterocycles. The van der Waals surface area contributed by atoms with Crippen molar-refractivity contribution in [3.05, 3.63) is 0 Å². The molecule has 0 aliphatic rings. The average molecular weight is 298 g/mol. The third kappa shape index (κ3) is 9.49. The van der Waals surface area contributed by atoms with E-state index in [-0.39, 0.29) is 73.6 Å². The zero-order chi connectivity index (χ0) is 8.15. The topological polar surface area (TPSA) is 38.3 Å². The van der Waals surface area contributed by atoms with Crippen LogP contribution in [0.25, 0.3) is 0 Å². The van der Waals surface area contributed by atoms with Gasteiger partial charge in [-0.05, 0) is 13.0 Å². The van der Waals surface area contributed by atoms with E-state index in [4.69, 9.17) is 0 Å². The van der Waals surface area contributed by atoms with Crippen molar-refractivity contribution in [3.8, 4) is 0 Å². The summed E-state index contributed by atoms with van der Waals surface area (Å²) in [4.78, 5) is 10.9. The first-order chi connectivity index (χ1) is 4.63. The number of carbonyl (C=O) groups is 1. The van der Waals surface area contributed by atoms with Crippen LogP contribution in [0.15, 0.2) is 0 Å². The first kappa shape index (κ1) is 23.8. The maximum Gasteiger partial charge on any atom is 0.323 e. The molecule has 75 valence electrons. The Kier molecular flexibility index (Phi) is 24.1. The maximum atomic E-state index is 10.9. The van der Waals surface area contributed by atoms with Gasteiger partial charge in [0.1, 0.15) is 6.04 Å². The second kappa shape index (κ2) is 13.2. The largest absolute Gasteiger partial charge is 0.468 e. The third-order valence-electron chi connectivity index (χ3n) is 1.43. The summed E-state index contributed by atoms with van der Waals surface area (Å²) in [6.45, 7) is 3.94. The first-order valence-electron chi connectivity index (χ1n) is 3.38. The van der Waals surface area contributed by atoms with Gasteiger partial charge in [0.25, 0.3) is 0 Å². The summed E-state index contributed by atoms with van der Waals surface area (Å²) in [7, 11) is 3.15. The minimum Gasteiger partial charge on any atom is -0.468 e. The molecule has 3 radical (unpaired) electrons. The van der Waals surface area contributed by atoms with Gasteiger partial charge in [-0.25, -0.2) is 0 Å². The zero-order valence-corrected chi connectivity index (χ0v) is 12.5. The molecule has 6 heteroatoms. The predicted octanol–water partition coefficient (Wildman–Crippen LogP) is 0.396. The fourth-order valence-electron chi connectivity index (χ4n) is 0.850. The normalized spacial score (nSPS) is 10.2. The Morgan fingerprint density at radius 3 is 1.69 bits per heavy atom. The molecule has 0 saturated carbocycles. The van der Waals surface area contributed by atoms with Crippen molar-refractivity contribution in [3.63, 3.8) is 0 Å². The summed E-state index contributed by atoms with van der Waals surface area (Å²) in [6.07, 6.45) is 0. The van der Waals surface area contributed by atoms with E-state index in [9.17, 15) is 4.79 Å². The fraction of sp³-hybridized carbons (Fsp3) is 0.857. The third-order valence-corrected chi connectivity index (χ3v) is 1.43. The Balaban J connectivity index is -0.000000135. The number of methoxy groups -OCH3 is 1. The molecule has 0 aliphatic carbocycles. The molecule has 0 amide bonds. The van der Waals surface area contributed by atoms with Gasteiger partial charge in [0.05, 0.1) is 7.11 Å². The minimum atomic E-state index is -0.197. The van der Waals surface area contributed by atoms with Crippen LogP contribution in [0.3, 0.4) is 0 Å². The SMILES string of the molecule is CN[C@H](C(=O)OC)C(C)C.[V].[V].[V]. The molecule has 1 atom stereocenters. The number of nitrogens with one attached hydrogen (secondary N) is 1. The van der Waals surface area contributed by atoms with Gasteiger partial charge >= 0.3 is 5.97 Å². The van der Waals surface area contributed by atoms with E-state index in [1.807, 2.05) is 13.8 Å². The summed E-state index contributed by atoms with van der Waals surface area (Å²) >= 11 is 0. The van der Waals surface area contributed by atoms with E-state index in [0.29, 0.717) is 0 Å². The van der Waals surface area contributed by atoms with E-state index in [0.717, 1.165) is 0 Å². The molecular weight excluding hydrogens is 283 g/mol. The summed E-state index contributed by atoms with van der Waals surface area (Å²) in [5, 5.41) is 2.88. The van der Waals surface area contributed by atoms with Gasteiger partial charge in [-0.2, -0.15) is 0 Å². The molecule has 13 heavy (non-hydrogen) atoms. The van der Waals surface area contributed by atoms with Gasteiger partial charge < -0.3 is 10.1 Å². The summed E-state index contributed by atoms with van der Waals surface area (Å²) in [5.74, 6) is 0.0787. The fourth-order valence-corrected chi connectivity index (χ4v) is 0.850. The number of esters is 1. The first-order valence-corrected chi connectivity index (χ1v) is 3.38. The van der Waals surface area contributed by atoms with Crippen molar-refractivity contribution in [2.75, 3.05) is 14.2 Å². The van der Waals surface area contributed by atoms with E-state index in [1.54, 1.807) is 7.05 Å². The number of hydrogen-bond donors (Lipinski definition) is 1. The number of rotatable bonds is 3. The van der Waals surface area contributed by atoms with Gasteiger partial charge in [0, 0.05) is 55.7 Å². The number of likely N-dealkylation sites (N-methyl/N-ethyl adjacent to an activating group) is 1. The Hall–Kier alpha value is 1.18. The molecule has 1 N–H and O–H groups in total. The smallest absolute Gasteiger partial charge is 0.323 e. The second-order valence-corrected chi connectivity index (χ2v) is 2.53. The average Bonchev–Trinajstić information content (AvgIpc) is 1.88. The standard InChI is InChI=1S/C7H15NO2.3V/c1-5(2)6(8-3)7(9)10-4;;;/h5-6,8H,1-4H3;;;/t6-;;;/m0.../s1. The van der Waals surface area contributed by atoms with Crippen LogP contribution in [-0.4, -0.2) is 26.2 Å². The monoisotopic (exact) mass is 298 g/mol. The van der Waals surface area contributed by atoms with E-state index in [1.165, 1.54) is 7.11 Å². The van der Waals surface area contributed by atoms with E-state index >= 15 is 0 Å². The summed E-state index contributed by atoms with van der Waals surface area (Å²) < 4.78 is 4.56. The Labute approximate surface area is 116 Å². The number of hydrogen-bond acceptors (Lipinski definition) is 3. The van der Waals surface area contributed by atoms with Crippen molar-refractivity contribution in [2.45, 2.75) is 19.9 Å². The van der Waals surface area contributed by atoms with Crippen molar-refractivity contribution in [2.24, 2.45) is 5.92 Å². The second-order valence-electron chi connectivity index (χ2n) is 2.53. The van der Waals surface area contributed by atoms with Crippen LogP contribution in [0.2, 0.25) is 0 Å². The molecule has 0 aromatic heterocycles. The quantitative estimate of drug-likeness (QED) is 0.766. The molecule has 0 fully saturated rings. The molecule has 0 unspecified atom stereocenters. The molecule has 0 bridgehead atoms. The molecule has 0 saturated heterocycles. The van der Waals surface area contributed by atoms with Crippen molar-refractivity contribution < 1.29 is 65.2 Å². The number of carbonyl (C=O) groups excluding carboxylic acids is 1.